The molecule has 0 spiro atoms. The Kier molecular flexibility index (Phi) is 3.25. The highest BCUT2D eigenvalue weighted by Gasteiger charge is 2.06. The lowest BCUT2D eigenvalue weighted by molar-refractivity contribution is 0.0945. The van der Waals surface area contributed by atoms with Crippen LogP contribution in [0, 0.1) is 0 Å². The van der Waals surface area contributed by atoms with Gasteiger partial charge < -0.3 is 11.1 Å². The monoisotopic (exact) mass is 229 g/mol. The molecule has 1 amide bonds. The minimum atomic E-state index is -0.283. The molecule has 0 aliphatic rings. The maximum Gasteiger partial charge on any atom is 0.272 e. The molecule has 0 unspecified atom stereocenters. The van der Waals surface area contributed by atoms with Gasteiger partial charge >= 0.3 is 0 Å². The molecule has 2 aromatic heterocycles. The molecule has 0 aromatic carbocycles. The summed E-state index contributed by atoms with van der Waals surface area (Å²) in [6.45, 7) is 0.424. The van der Waals surface area contributed by atoms with Gasteiger partial charge in [0, 0.05) is 18.9 Å². The van der Waals surface area contributed by atoms with Crippen molar-refractivity contribution in [1.29, 1.82) is 0 Å². The van der Waals surface area contributed by atoms with E-state index in [1.165, 1.54) is 12.1 Å². The molecule has 86 valence electrons. The lowest BCUT2D eigenvalue weighted by Crippen LogP contribution is -2.24. The molecule has 0 fully saturated rings. The first kappa shape index (κ1) is 11.0. The second-order valence-electron chi connectivity index (χ2n) is 3.38. The van der Waals surface area contributed by atoms with Crippen LogP contribution in [0.4, 0.5) is 5.82 Å². The summed E-state index contributed by atoms with van der Waals surface area (Å²) in [5.41, 5.74) is 6.59. The summed E-state index contributed by atoms with van der Waals surface area (Å²) in [5.74, 6) is 0.00463. The topological polar surface area (TPSA) is 93.8 Å². The van der Waals surface area contributed by atoms with Crippen LogP contribution in [0.15, 0.2) is 36.7 Å². The van der Waals surface area contributed by atoms with Crippen molar-refractivity contribution in [1.82, 2.24) is 20.5 Å². The molecule has 2 aromatic rings. The summed E-state index contributed by atoms with van der Waals surface area (Å²) in [4.78, 5) is 15.6. The minimum absolute atomic E-state index is 0.244. The van der Waals surface area contributed by atoms with E-state index in [4.69, 9.17) is 5.73 Å². The molecule has 0 atom stereocenters. The Morgan fingerprint density at radius 3 is 2.59 bits per heavy atom. The summed E-state index contributed by atoms with van der Waals surface area (Å²) in [5, 5.41) is 10.0. The van der Waals surface area contributed by atoms with Crippen molar-refractivity contribution in [3.8, 4) is 0 Å². The SMILES string of the molecule is Nc1ccc(C(=O)NCc2ccncc2)nn1. The van der Waals surface area contributed by atoms with Crippen molar-refractivity contribution in [2.75, 3.05) is 5.73 Å². The third-order valence-corrected chi connectivity index (χ3v) is 2.12. The van der Waals surface area contributed by atoms with Crippen LogP contribution in [0.2, 0.25) is 0 Å². The molecular weight excluding hydrogens is 218 g/mol. The predicted octanol–water partition coefficient (Wildman–Crippen LogP) is 0.384. The molecule has 0 bridgehead atoms. The molecule has 2 heterocycles. The fourth-order valence-corrected chi connectivity index (χ4v) is 1.24. The van der Waals surface area contributed by atoms with Crippen molar-refractivity contribution < 1.29 is 4.79 Å². The number of rotatable bonds is 3. The number of nitrogen functional groups attached to an aromatic ring is 1. The molecule has 17 heavy (non-hydrogen) atoms. The maximum absolute atomic E-state index is 11.7. The van der Waals surface area contributed by atoms with Crippen LogP contribution in [0.3, 0.4) is 0 Å². The van der Waals surface area contributed by atoms with Crippen LogP contribution in [0.5, 0.6) is 0 Å². The van der Waals surface area contributed by atoms with Crippen LogP contribution >= 0.6 is 0 Å². The van der Waals surface area contributed by atoms with Gasteiger partial charge in [-0.3, -0.25) is 9.78 Å². The van der Waals surface area contributed by atoms with Crippen molar-refractivity contribution >= 4 is 11.7 Å². The minimum Gasteiger partial charge on any atom is -0.382 e. The number of hydrogen-bond donors (Lipinski definition) is 2. The molecule has 0 radical (unpaired) electrons. The van der Waals surface area contributed by atoms with Gasteiger partial charge in [-0.05, 0) is 29.8 Å². The largest absolute Gasteiger partial charge is 0.382 e. The summed E-state index contributed by atoms with van der Waals surface area (Å²) in [6.07, 6.45) is 3.34. The molecule has 2 rings (SSSR count). The molecule has 0 aliphatic heterocycles. The van der Waals surface area contributed by atoms with Gasteiger partial charge in [-0.15, -0.1) is 10.2 Å². The molecule has 0 saturated heterocycles. The Morgan fingerprint density at radius 2 is 1.94 bits per heavy atom. The highest BCUT2D eigenvalue weighted by atomic mass is 16.1. The van der Waals surface area contributed by atoms with Gasteiger partial charge in [-0.25, -0.2) is 0 Å². The van der Waals surface area contributed by atoms with E-state index in [9.17, 15) is 4.79 Å². The summed E-state index contributed by atoms with van der Waals surface area (Å²) < 4.78 is 0. The zero-order valence-electron chi connectivity index (χ0n) is 9.00. The highest BCUT2D eigenvalue weighted by Crippen LogP contribution is 1.99. The van der Waals surface area contributed by atoms with E-state index >= 15 is 0 Å². The van der Waals surface area contributed by atoms with Crippen LogP contribution < -0.4 is 11.1 Å². The summed E-state index contributed by atoms with van der Waals surface area (Å²) in [7, 11) is 0. The molecule has 0 aliphatic carbocycles. The van der Waals surface area contributed by atoms with E-state index in [0.717, 1.165) is 5.56 Å². The predicted molar refractivity (Wildman–Crippen MR) is 61.9 cm³/mol. The first-order valence-electron chi connectivity index (χ1n) is 5.02. The third-order valence-electron chi connectivity index (χ3n) is 2.12. The average molecular weight is 229 g/mol. The van der Waals surface area contributed by atoms with Gasteiger partial charge in [0.2, 0.25) is 0 Å². The number of pyridine rings is 1. The quantitative estimate of drug-likeness (QED) is 0.793. The maximum atomic E-state index is 11.7. The van der Waals surface area contributed by atoms with Crippen molar-refractivity contribution in [2.24, 2.45) is 0 Å². The number of amides is 1. The number of hydrogen-bond acceptors (Lipinski definition) is 5. The number of nitrogens with two attached hydrogens (primary N) is 1. The number of nitrogens with one attached hydrogen (secondary N) is 1. The van der Waals surface area contributed by atoms with Crippen LogP contribution in [-0.2, 0) is 6.54 Å². The smallest absolute Gasteiger partial charge is 0.272 e. The van der Waals surface area contributed by atoms with E-state index in [0.29, 0.717) is 6.54 Å². The highest BCUT2D eigenvalue weighted by molar-refractivity contribution is 5.92. The van der Waals surface area contributed by atoms with Crippen LogP contribution in [-0.4, -0.2) is 21.1 Å². The van der Waals surface area contributed by atoms with Crippen LogP contribution in [0.1, 0.15) is 16.1 Å². The van der Waals surface area contributed by atoms with Crippen molar-refractivity contribution in [3.63, 3.8) is 0 Å². The lowest BCUT2D eigenvalue weighted by Gasteiger charge is -2.03. The second kappa shape index (κ2) is 5.02. The molecule has 6 heteroatoms. The number of nitrogens with zero attached hydrogens (tertiary/aromatic N) is 3. The Bertz CT molecular complexity index is 497. The van der Waals surface area contributed by atoms with Gasteiger partial charge in [0.25, 0.3) is 5.91 Å². The Balaban J connectivity index is 1.96. The van der Waals surface area contributed by atoms with Gasteiger partial charge in [-0.2, -0.15) is 0 Å². The lowest BCUT2D eigenvalue weighted by atomic mass is 10.2. The summed E-state index contributed by atoms with van der Waals surface area (Å²) >= 11 is 0. The van der Waals surface area contributed by atoms with E-state index in [1.54, 1.807) is 12.4 Å². The van der Waals surface area contributed by atoms with E-state index in [1.807, 2.05) is 12.1 Å². The van der Waals surface area contributed by atoms with Gasteiger partial charge in [0.1, 0.15) is 5.82 Å². The molecule has 6 nitrogen and oxygen atoms in total. The zero-order chi connectivity index (χ0) is 12.1. The standard InChI is InChI=1S/C11H11N5O/c12-10-2-1-9(15-16-10)11(17)14-7-8-3-5-13-6-4-8/h1-6H,7H2,(H2,12,16)(H,14,17). The van der Waals surface area contributed by atoms with E-state index < -0.39 is 0 Å². The van der Waals surface area contributed by atoms with Crippen molar-refractivity contribution in [2.45, 2.75) is 6.54 Å². The van der Waals surface area contributed by atoms with Crippen LogP contribution in [0.25, 0.3) is 0 Å². The number of carbonyl (C=O) groups is 1. The normalized spacial score (nSPS) is 9.88. The third kappa shape index (κ3) is 2.97. The summed E-state index contributed by atoms with van der Waals surface area (Å²) in [6, 6.07) is 6.72. The Morgan fingerprint density at radius 1 is 1.18 bits per heavy atom. The Labute approximate surface area is 97.9 Å². The fraction of sp³-hybridized carbons (Fsp3) is 0.0909. The van der Waals surface area contributed by atoms with E-state index in [-0.39, 0.29) is 17.4 Å². The molecular formula is C11H11N5O. The zero-order valence-corrected chi connectivity index (χ0v) is 9.00. The van der Waals surface area contributed by atoms with Crippen molar-refractivity contribution in [3.05, 3.63) is 47.9 Å². The first-order valence-corrected chi connectivity index (χ1v) is 5.02. The Hall–Kier alpha value is -2.50. The van der Waals surface area contributed by atoms with Gasteiger partial charge in [0.15, 0.2) is 5.69 Å². The number of aromatic nitrogens is 3. The fourth-order valence-electron chi connectivity index (χ4n) is 1.24. The molecule has 0 saturated carbocycles. The van der Waals surface area contributed by atoms with E-state index in [2.05, 4.69) is 20.5 Å². The first-order chi connectivity index (χ1) is 8.25. The average Bonchev–Trinajstić information content (AvgIpc) is 2.38. The number of carbonyl (C=O) groups excluding carboxylic acids is 1. The van der Waals surface area contributed by atoms with Gasteiger partial charge in [-0.1, -0.05) is 0 Å². The number of anilines is 1. The second-order valence-corrected chi connectivity index (χ2v) is 3.38. The van der Waals surface area contributed by atoms with Gasteiger partial charge in [0.05, 0.1) is 0 Å². The molecule has 3 N–H and O–H groups in total.